The molecule has 6 fully saturated rings. The van der Waals surface area contributed by atoms with Crippen molar-refractivity contribution in [2.45, 2.75) is 82.4 Å². The van der Waals surface area contributed by atoms with Gasteiger partial charge in [-0.1, -0.05) is 19.9 Å². The van der Waals surface area contributed by atoms with Crippen molar-refractivity contribution in [1.29, 1.82) is 0 Å². The van der Waals surface area contributed by atoms with Gasteiger partial charge in [0.2, 0.25) is 0 Å². The van der Waals surface area contributed by atoms with Crippen molar-refractivity contribution in [3.8, 4) is 0 Å². The number of ketones is 1. The van der Waals surface area contributed by atoms with Gasteiger partial charge < -0.3 is 39.0 Å². The number of hydrogen-bond acceptors (Lipinski definition) is 16. The topological polar surface area (TPSA) is 239 Å². The molecule has 0 saturated heterocycles. The molecule has 56 heavy (non-hydrogen) atoms. The number of aliphatic hydroxyl groups excluding tert-OH is 2. The van der Waals surface area contributed by atoms with Gasteiger partial charge in [-0.2, -0.15) is 0 Å². The van der Waals surface area contributed by atoms with Gasteiger partial charge in [-0.05, 0) is 79.4 Å². The van der Waals surface area contributed by atoms with Crippen molar-refractivity contribution < 1.29 is 77.9 Å². The fourth-order valence-corrected chi connectivity index (χ4v) is 12.9. The van der Waals surface area contributed by atoms with Gasteiger partial charge in [-0.15, -0.1) is 0 Å². The molecule has 7 aliphatic carbocycles. The fraction of sp³-hybridized carbons (Fsp3) is 0.650. The highest BCUT2D eigenvalue weighted by atomic mass is 17.1. The Labute approximate surface area is 320 Å². The molecule has 4 N–H and O–H groups in total. The number of aliphatic hydroxyl groups is 3. The van der Waals surface area contributed by atoms with Crippen LogP contribution in [0.15, 0.2) is 45.6 Å². The number of esters is 5. The average Bonchev–Trinajstić information content (AvgIpc) is 4.09. The molecule has 9 rings (SSSR count). The Morgan fingerprint density at radius 3 is 2.39 bits per heavy atom. The third-order valence-corrected chi connectivity index (χ3v) is 15.6. The summed E-state index contributed by atoms with van der Waals surface area (Å²) in [6.07, 6.45) is -0.328. The van der Waals surface area contributed by atoms with E-state index in [1.54, 1.807) is 6.92 Å². The summed E-state index contributed by atoms with van der Waals surface area (Å²) in [5, 5.41) is 46.4. The summed E-state index contributed by atoms with van der Waals surface area (Å²) in [7, 11) is 1.13. The fourth-order valence-electron chi connectivity index (χ4n) is 12.9. The van der Waals surface area contributed by atoms with E-state index in [9.17, 15) is 49.3 Å². The molecule has 16 nitrogen and oxygen atoms in total. The number of carbonyl (C=O) groups excluding carboxylic acids is 6. The maximum atomic E-state index is 14.7. The molecular weight excluding hydrogens is 736 g/mol. The molecule has 14 unspecified atom stereocenters. The van der Waals surface area contributed by atoms with Crippen LogP contribution in [0.1, 0.15) is 53.4 Å². The van der Waals surface area contributed by atoms with Gasteiger partial charge in [-0.3, -0.25) is 14.8 Å². The minimum Gasteiger partial charge on any atom is -0.466 e. The minimum absolute atomic E-state index is 0.0667. The predicted molar refractivity (Wildman–Crippen MR) is 183 cm³/mol. The number of methoxy groups -OCH3 is 1. The van der Waals surface area contributed by atoms with Crippen molar-refractivity contribution in [2.75, 3.05) is 26.9 Å². The van der Waals surface area contributed by atoms with Crippen LogP contribution in [0.25, 0.3) is 0 Å². The summed E-state index contributed by atoms with van der Waals surface area (Å²) in [6.45, 7) is 4.88. The maximum absolute atomic E-state index is 14.7. The van der Waals surface area contributed by atoms with E-state index >= 15 is 0 Å². The van der Waals surface area contributed by atoms with Gasteiger partial charge in [0, 0.05) is 34.0 Å². The van der Waals surface area contributed by atoms with Crippen LogP contribution in [0.5, 0.6) is 0 Å². The minimum atomic E-state index is -1.94. The first-order valence-electron chi connectivity index (χ1n) is 19.0. The molecule has 0 aromatic rings. The van der Waals surface area contributed by atoms with E-state index in [1.807, 2.05) is 13.0 Å². The summed E-state index contributed by atoms with van der Waals surface area (Å²) in [4.78, 5) is 87.0. The standard InChI is InChI=1S/C40H44O16/c1-15-6-7-52-35(48)24(41)12-27(42)53-13-18-20-10-25-36(3,22-9-23(22)38(25,49)14-54-32(15)45)26-11-21-17-8-19(17)37(4)31(44)29(43)28(16(2)33(46)51-5)30(40(21,37)56-50)39(20,26)55-34(18)47/h6,11,17,19,22-26,30-31,41,44,49-50H,7-10,12-14H2,1-5H3. The second-order valence-corrected chi connectivity index (χ2v) is 17.6. The summed E-state index contributed by atoms with van der Waals surface area (Å²) < 4.78 is 28.0. The van der Waals surface area contributed by atoms with Crippen LogP contribution in [-0.2, 0) is 57.3 Å². The number of cyclic esters (lactones) is 3. The Kier molecular flexibility index (Phi) is 7.80. The highest BCUT2D eigenvalue weighted by Crippen LogP contribution is 2.84. The average molecular weight is 781 g/mol. The molecule has 16 heteroatoms. The molecule has 1 spiro atoms. The lowest BCUT2D eigenvalue weighted by Gasteiger charge is -2.66. The second-order valence-electron chi connectivity index (χ2n) is 17.6. The highest BCUT2D eigenvalue weighted by Gasteiger charge is 2.89. The van der Waals surface area contributed by atoms with Crippen molar-refractivity contribution in [3.63, 3.8) is 0 Å². The van der Waals surface area contributed by atoms with Crippen molar-refractivity contribution in [1.82, 2.24) is 0 Å². The van der Waals surface area contributed by atoms with Gasteiger partial charge in [0.1, 0.15) is 37.1 Å². The number of Topliss-reactive ketones (excluding diaryl/α,β-unsaturated/α-hetero) is 1. The summed E-state index contributed by atoms with van der Waals surface area (Å²) in [6, 6.07) is 0. The lowest BCUT2D eigenvalue weighted by atomic mass is 9.40. The molecule has 14 atom stereocenters. The Morgan fingerprint density at radius 1 is 0.964 bits per heavy atom. The molecule has 2 heterocycles. The maximum Gasteiger partial charge on any atom is 0.338 e. The zero-order chi connectivity index (χ0) is 40.2. The monoisotopic (exact) mass is 780 g/mol. The van der Waals surface area contributed by atoms with Gasteiger partial charge in [-0.25, -0.2) is 24.1 Å². The van der Waals surface area contributed by atoms with Gasteiger partial charge >= 0.3 is 29.8 Å². The zero-order valence-corrected chi connectivity index (χ0v) is 31.5. The van der Waals surface area contributed by atoms with Crippen LogP contribution < -0.4 is 0 Å². The first-order chi connectivity index (χ1) is 26.4. The number of fused-ring (bicyclic) bond motifs is 7. The van der Waals surface area contributed by atoms with Gasteiger partial charge in [0.25, 0.3) is 0 Å². The summed E-state index contributed by atoms with van der Waals surface area (Å²) >= 11 is 0. The Balaban J connectivity index is 1.30. The third kappa shape index (κ3) is 4.21. The molecule has 2 aliphatic heterocycles. The van der Waals surface area contributed by atoms with Crippen LogP contribution in [0, 0.1) is 52.3 Å². The molecule has 9 aliphatic rings. The normalized spacial score (nSPS) is 48.3. The van der Waals surface area contributed by atoms with E-state index in [0.717, 1.165) is 7.11 Å². The van der Waals surface area contributed by atoms with Crippen LogP contribution in [0.2, 0.25) is 0 Å². The van der Waals surface area contributed by atoms with Crippen LogP contribution >= 0.6 is 0 Å². The smallest absolute Gasteiger partial charge is 0.338 e. The Hall–Kier alpha value is -4.22. The van der Waals surface area contributed by atoms with E-state index in [2.05, 4.69) is 0 Å². The van der Waals surface area contributed by atoms with E-state index in [-0.39, 0.29) is 58.0 Å². The molecule has 0 aromatic carbocycles. The molecule has 2 bridgehead atoms. The molecule has 300 valence electrons. The van der Waals surface area contributed by atoms with E-state index in [4.69, 9.17) is 28.6 Å². The largest absolute Gasteiger partial charge is 0.466 e. The van der Waals surface area contributed by atoms with Gasteiger partial charge in [0.05, 0.1) is 25.0 Å². The van der Waals surface area contributed by atoms with Crippen LogP contribution in [0.3, 0.4) is 0 Å². The van der Waals surface area contributed by atoms with Crippen LogP contribution in [0.4, 0.5) is 0 Å². The molecular formula is C40H44O16. The van der Waals surface area contributed by atoms with E-state index < -0.39 is 119 Å². The first-order valence-corrected chi connectivity index (χ1v) is 19.0. The Morgan fingerprint density at radius 2 is 1.70 bits per heavy atom. The van der Waals surface area contributed by atoms with Crippen molar-refractivity contribution in [3.05, 3.63) is 45.6 Å². The number of carbonyl (C=O) groups is 6. The SMILES string of the molecule is COC(=O)C(C)=C1C(=O)C(O)C2(C)C3CC3C3=CC4C5(OC(=O)C6=C5CC5C(O)(COC(=O)C(C)=CCOC(=O)C(O)CC(=O)OC6)C6CC6C54C)C1C32OO. The number of ether oxygens (including phenoxy) is 5. The summed E-state index contributed by atoms with van der Waals surface area (Å²) in [5.74, 6) is -9.80. The Bertz CT molecular complexity index is 2060. The molecule has 0 aromatic heterocycles. The second kappa shape index (κ2) is 11.7. The van der Waals surface area contributed by atoms with E-state index in [1.165, 1.54) is 19.9 Å². The van der Waals surface area contributed by atoms with Crippen LogP contribution in [-0.4, -0.2) is 112 Å². The van der Waals surface area contributed by atoms with E-state index in [0.29, 0.717) is 18.4 Å². The molecule has 0 amide bonds. The lowest BCUT2D eigenvalue weighted by Crippen LogP contribution is -2.76. The van der Waals surface area contributed by atoms with Gasteiger partial charge in [0.15, 0.2) is 17.5 Å². The first kappa shape index (κ1) is 37.4. The third-order valence-electron chi connectivity index (χ3n) is 15.6. The lowest BCUT2D eigenvalue weighted by molar-refractivity contribution is -0.375. The summed E-state index contributed by atoms with van der Waals surface area (Å²) in [5.41, 5.74) is -7.54. The van der Waals surface area contributed by atoms with Crippen molar-refractivity contribution in [2.24, 2.45) is 52.3 Å². The zero-order valence-electron chi connectivity index (χ0n) is 31.5. The molecule has 6 saturated carbocycles. The number of rotatable bonds is 2. The predicted octanol–water partition coefficient (Wildman–Crippen LogP) is 0.816. The highest BCUT2D eigenvalue weighted by molar-refractivity contribution is 6.09. The quantitative estimate of drug-likeness (QED) is 0.0758. The number of hydrogen-bond donors (Lipinski definition) is 4. The molecule has 0 radical (unpaired) electrons. The van der Waals surface area contributed by atoms with Crippen molar-refractivity contribution >= 4 is 35.6 Å².